The number of hydrogen-bond acceptors (Lipinski definition) is 3. The highest BCUT2D eigenvalue weighted by Crippen LogP contribution is 2.15. The summed E-state index contributed by atoms with van der Waals surface area (Å²) in [5.74, 6) is 1.36. The Kier molecular flexibility index (Phi) is 12.3. The van der Waals surface area contributed by atoms with Crippen LogP contribution in [-0.4, -0.2) is 32.3 Å². The second-order valence-corrected chi connectivity index (χ2v) is 5.92. The van der Waals surface area contributed by atoms with Crippen molar-refractivity contribution < 1.29 is 9.47 Å². The summed E-state index contributed by atoms with van der Waals surface area (Å²) < 4.78 is 11.1. The van der Waals surface area contributed by atoms with Gasteiger partial charge < -0.3 is 20.5 Å². The number of rotatable bonds is 11. The molecule has 5 nitrogen and oxygen atoms in total. The minimum Gasteiger partial charge on any atom is -0.489 e. The number of halogens is 1. The standard InChI is InChI=1S/C21H29N3O2.HI/c1-2-25-15-7-13-23-21(22)24-14-12-18-10-6-11-20(16-18)26-17-19-8-4-3-5-9-19;/h3-6,8-11,16H,2,7,12-15,17H2,1H3,(H3,22,23,24);1H. The number of nitrogens with one attached hydrogen (secondary N) is 1. The molecule has 0 radical (unpaired) electrons. The third kappa shape index (κ3) is 10.2. The summed E-state index contributed by atoms with van der Waals surface area (Å²) in [7, 11) is 0. The number of nitrogens with two attached hydrogens (primary N) is 1. The van der Waals surface area contributed by atoms with Crippen molar-refractivity contribution in [1.82, 2.24) is 5.32 Å². The Hall–Kier alpha value is -1.80. The molecule has 0 unspecified atom stereocenters. The fraction of sp³-hybridized carbons (Fsp3) is 0.381. The third-order valence-corrected chi connectivity index (χ3v) is 3.80. The zero-order chi connectivity index (χ0) is 18.5. The number of nitrogens with zero attached hydrogens (tertiary/aromatic N) is 1. The van der Waals surface area contributed by atoms with Gasteiger partial charge in [-0.2, -0.15) is 0 Å². The Morgan fingerprint density at radius 1 is 1.07 bits per heavy atom. The molecule has 0 fully saturated rings. The smallest absolute Gasteiger partial charge is 0.188 e. The first-order chi connectivity index (χ1) is 12.8. The van der Waals surface area contributed by atoms with Crippen molar-refractivity contribution in [2.24, 2.45) is 10.7 Å². The highest BCUT2D eigenvalue weighted by molar-refractivity contribution is 14.0. The number of benzene rings is 2. The highest BCUT2D eigenvalue weighted by atomic mass is 127. The molecule has 2 aromatic carbocycles. The monoisotopic (exact) mass is 483 g/mol. The highest BCUT2D eigenvalue weighted by Gasteiger charge is 1.99. The van der Waals surface area contributed by atoms with E-state index in [9.17, 15) is 0 Å². The minimum atomic E-state index is 0. The van der Waals surface area contributed by atoms with Gasteiger partial charge in [0.05, 0.1) is 0 Å². The first kappa shape index (κ1) is 23.2. The van der Waals surface area contributed by atoms with Crippen molar-refractivity contribution in [2.45, 2.75) is 26.4 Å². The predicted octanol–water partition coefficient (Wildman–Crippen LogP) is 3.76. The van der Waals surface area contributed by atoms with Crippen molar-refractivity contribution >= 4 is 29.9 Å². The van der Waals surface area contributed by atoms with Crippen LogP contribution in [-0.2, 0) is 17.8 Å². The van der Waals surface area contributed by atoms with Gasteiger partial charge in [-0.25, -0.2) is 0 Å². The molecule has 0 aromatic heterocycles. The first-order valence-electron chi connectivity index (χ1n) is 9.15. The molecule has 6 heteroatoms. The van der Waals surface area contributed by atoms with E-state index in [0.29, 0.717) is 19.1 Å². The molecule has 0 aliphatic carbocycles. The Morgan fingerprint density at radius 2 is 1.85 bits per heavy atom. The van der Waals surface area contributed by atoms with E-state index in [1.165, 1.54) is 5.56 Å². The molecule has 0 bridgehead atoms. The molecule has 0 saturated heterocycles. The summed E-state index contributed by atoms with van der Waals surface area (Å²) in [5, 5.41) is 3.15. The third-order valence-electron chi connectivity index (χ3n) is 3.80. The van der Waals surface area contributed by atoms with Gasteiger partial charge in [0.15, 0.2) is 5.96 Å². The quantitative estimate of drug-likeness (QED) is 0.221. The molecule has 0 aliphatic heterocycles. The minimum absolute atomic E-state index is 0. The van der Waals surface area contributed by atoms with Crippen LogP contribution in [0.5, 0.6) is 5.75 Å². The summed E-state index contributed by atoms with van der Waals surface area (Å²) in [6, 6.07) is 18.3. The lowest BCUT2D eigenvalue weighted by Crippen LogP contribution is -2.33. The average molecular weight is 483 g/mol. The van der Waals surface area contributed by atoms with Crippen molar-refractivity contribution in [3.05, 3.63) is 65.7 Å². The summed E-state index contributed by atoms with van der Waals surface area (Å²) in [6.07, 6.45) is 1.74. The van der Waals surface area contributed by atoms with Gasteiger partial charge in [-0.1, -0.05) is 42.5 Å². The summed E-state index contributed by atoms with van der Waals surface area (Å²) in [6.45, 7) is 5.45. The lowest BCUT2D eigenvalue weighted by Gasteiger charge is -2.09. The van der Waals surface area contributed by atoms with Gasteiger partial charge in [0.2, 0.25) is 0 Å². The van der Waals surface area contributed by atoms with Crippen LogP contribution in [0.1, 0.15) is 24.5 Å². The molecule has 0 amide bonds. The maximum Gasteiger partial charge on any atom is 0.188 e. The zero-order valence-corrected chi connectivity index (χ0v) is 18.2. The van der Waals surface area contributed by atoms with Gasteiger partial charge in [-0.15, -0.1) is 24.0 Å². The molecule has 0 heterocycles. The molecule has 2 aromatic rings. The second-order valence-electron chi connectivity index (χ2n) is 5.92. The SMILES string of the molecule is CCOCCCN=C(N)NCCc1cccc(OCc2ccccc2)c1.I. The van der Waals surface area contributed by atoms with Crippen LogP contribution in [0.25, 0.3) is 0 Å². The van der Waals surface area contributed by atoms with Crippen molar-refractivity contribution in [3.63, 3.8) is 0 Å². The molecule has 0 aliphatic rings. The van der Waals surface area contributed by atoms with E-state index in [1.54, 1.807) is 0 Å². The van der Waals surface area contributed by atoms with Crippen LogP contribution in [0, 0.1) is 0 Å². The number of hydrogen-bond donors (Lipinski definition) is 2. The van der Waals surface area contributed by atoms with Crippen LogP contribution < -0.4 is 15.8 Å². The first-order valence-corrected chi connectivity index (χ1v) is 9.15. The normalized spacial score (nSPS) is 10.9. The average Bonchev–Trinajstić information content (AvgIpc) is 2.67. The van der Waals surface area contributed by atoms with Crippen LogP contribution in [0.15, 0.2) is 59.6 Å². The van der Waals surface area contributed by atoms with Gasteiger partial charge >= 0.3 is 0 Å². The number of ether oxygens (including phenoxy) is 2. The fourth-order valence-electron chi connectivity index (χ4n) is 2.43. The van der Waals surface area contributed by atoms with Gasteiger partial charge in [-0.3, -0.25) is 4.99 Å². The van der Waals surface area contributed by atoms with E-state index < -0.39 is 0 Å². The largest absolute Gasteiger partial charge is 0.489 e. The van der Waals surface area contributed by atoms with Gasteiger partial charge in [0, 0.05) is 26.3 Å². The molecule has 27 heavy (non-hydrogen) atoms. The van der Waals surface area contributed by atoms with Crippen molar-refractivity contribution in [1.29, 1.82) is 0 Å². The molecule has 2 rings (SSSR count). The van der Waals surface area contributed by atoms with E-state index in [2.05, 4.69) is 34.6 Å². The molecule has 0 atom stereocenters. The fourth-order valence-corrected chi connectivity index (χ4v) is 2.43. The lowest BCUT2D eigenvalue weighted by atomic mass is 10.1. The Morgan fingerprint density at radius 3 is 2.63 bits per heavy atom. The van der Waals surface area contributed by atoms with E-state index in [0.717, 1.165) is 43.9 Å². The second kappa shape index (κ2) is 14.3. The van der Waals surface area contributed by atoms with Crippen LogP contribution in [0.4, 0.5) is 0 Å². The summed E-state index contributed by atoms with van der Waals surface area (Å²) >= 11 is 0. The molecular weight excluding hydrogens is 453 g/mol. The van der Waals surface area contributed by atoms with E-state index in [-0.39, 0.29) is 24.0 Å². The molecule has 0 spiro atoms. The van der Waals surface area contributed by atoms with Gasteiger partial charge in [0.25, 0.3) is 0 Å². The maximum atomic E-state index is 5.87. The van der Waals surface area contributed by atoms with Gasteiger partial charge in [-0.05, 0) is 43.0 Å². The number of guanidine groups is 1. The van der Waals surface area contributed by atoms with Gasteiger partial charge in [0.1, 0.15) is 12.4 Å². The van der Waals surface area contributed by atoms with Crippen LogP contribution in [0.2, 0.25) is 0 Å². The van der Waals surface area contributed by atoms with E-state index in [4.69, 9.17) is 15.2 Å². The van der Waals surface area contributed by atoms with Crippen LogP contribution in [0.3, 0.4) is 0 Å². The molecular formula is C21H30IN3O2. The maximum absolute atomic E-state index is 5.87. The Bertz CT molecular complexity index is 665. The van der Waals surface area contributed by atoms with Crippen molar-refractivity contribution in [3.8, 4) is 5.75 Å². The molecule has 3 N–H and O–H groups in total. The lowest BCUT2D eigenvalue weighted by molar-refractivity contribution is 0.146. The van der Waals surface area contributed by atoms with Crippen molar-refractivity contribution in [2.75, 3.05) is 26.3 Å². The van der Waals surface area contributed by atoms with E-state index >= 15 is 0 Å². The predicted molar refractivity (Wildman–Crippen MR) is 122 cm³/mol. The molecule has 0 saturated carbocycles. The molecule has 148 valence electrons. The Balaban J connectivity index is 0.00000364. The topological polar surface area (TPSA) is 68.9 Å². The Labute approximate surface area is 179 Å². The summed E-state index contributed by atoms with van der Waals surface area (Å²) in [5.41, 5.74) is 8.23. The summed E-state index contributed by atoms with van der Waals surface area (Å²) in [4.78, 5) is 4.29. The van der Waals surface area contributed by atoms with E-state index in [1.807, 2.05) is 37.3 Å². The van der Waals surface area contributed by atoms with Crippen LogP contribution >= 0.6 is 24.0 Å². The number of aliphatic imine (C=N–C) groups is 1. The zero-order valence-electron chi connectivity index (χ0n) is 15.9.